The van der Waals surface area contributed by atoms with E-state index in [1.165, 1.54) is 40.8 Å². The standard InChI is InChI=1S/C31H21ClF3N5O3S/c1-16-38-24-11-18(14-39(2)3)26(31(33,34)35)22(13-36)25(24)29(41)40(16)10-4-5-17-6-7-19(32)12-21(17)20-8-9-37-27-23(30(42)43)15-44-28(20)27/h6-9,11-12,15H,10,14H2,1-3H3,(H,42,43). The van der Waals surface area contributed by atoms with Crippen molar-refractivity contribution in [1.29, 1.82) is 5.26 Å². The van der Waals surface area contributed by atoms with Crippen LogP contribution in [-0.4, -0.2) is 44.6 Å². The molecule has 44 heavy (non-hydrogen) atoms. The maximum atomic E-state index is 14.2. The quantitative estimate of drug-likeness (QED) is 0.224. The van der Waals surface area contributed by atoms with E-state index in [9.17, 15) is 33.1 Å². The number of aryl methyl sites for hydroxylation is 1. The summed E-state index contributed by atoms with van der Waals surface area (Å²) in [5, 5.41) is 20.8. The molecule has 5 aromatic rings. The molecule has 0 aliphatic carbocycles. The third kappa shape index (κ3) is 5.63. The molecule has 222 valence electrons. The lowest BCUT2D eigenvalue weighted by Crippen LogP contribution is -2.26. The second kappa shape index (κ2) is 11.7. The number of halogens is 4. The van der Waals surface area contributed by atoms with Crippen molar-refractivity contribution in [3.8, 4) is 29.0 Å². The van der Waals surface area contributed by atoms with Crippen LogP contribution in [0.5, 0.6) is 0 Å². The molecule has 0 bridgehead atoms. The number of nitriles is 1. The highest BCUT2D eigenvalue weighted by Crippen LogP contribution is 2.38. The number of aromatic carboxylic acids is 1. The van der Waals surface area contributed by atoms with Crippen molar-refractivity contribution < 1.29 is 23.1 Å². The number of alkyl halides is 3. The molecule has 0 spiro atoms. The van der Waals surface area contributed by atoms with E-state index in [1.807, 2.05) is 0 Å². The molecule has 5 rings (SSSR count). The molecule has 3 aromatic heterocycles. The first kappa shape index (κ1) is 30.7. The zero-order valence-corrected chi connectivity index (χ0v) is 24.9. The van der Waals surface area contributed by atoms with E-state index in [2.05, 4.69) is 21.8 Å². The number of carbonyl (C=O) groups is 1. The minimum Gasteiger partial charge on any atom is -0.478 e. The number of benzene rings is 2. The number of pyridine rings is 1. The molecule has 0 fully saturated rings. The normalized spacial score (nSPS) is 11.5. The van der Waals surface area contributed by atoms with Gasteiger partial charge in [-0.05, 0) is 56.9 Å². The van der Waals surface area contributed by atoms with E-state index in [4.69, 9.17) is 11.6 Å². The van der Waals surface area contributed by atoms with Crippen LogP contribution >= 0.6 is 22.9 Å². The second-order valence-electron chi connectivity index (χ2n) is 10.1. The Morgan fingerprint density at radius 1 is 1.20 bits per heavy atom. The molecule has 13 heteroatoms. The predicted molar refractivity (Wildman–Crippen MR) is 162 cm³/mol. The van der Waals surface area contributed by atoms with E-state index < -0.39 is 34.2 Å². The topological polar surface area (TPSA) is 112 Å². The van der Waals surface area contributed by atoms with Gasteiger partial charge in [0.2, 0.25) is 0 Å². The van der Waals surface area contributed by atoms with Crippen molar-refractivity contribution in [2.75, 3.05) is 14.1 Å². The van der Waals surface area contributed by atoms with Gasteiger partial charge in [0.15, 0.2) is 0 Å². The summed E-state index contributed by atoms with van der Waals surface area (Å²) in [5.41, 5.74) is -0.736. The Morgan fingerprint density at radius 2 is 1.95 bits per heavy atom. The van der Waals surface area contributed by atoms with Crippen LogP contribution in [0.3, 0.4) is 0 Å². The number of nitrogens with zero attached hydrogens (tertiary/aromatic N) is 5. The molecule has 0 radical (unpaired) electrons. The van der Waals surface area contributed by atoms with E-state index in [0.717, 1.165) is 4.57 Å². The van der Waals surface area contributed by atoms with Crippen LogP contribution in [0.1, 0.15) is 38.4 Å². The van der Waals surface area contributed by atoms with Crippen molar-refractivity contribution >= 4 is 50.0 Å². The Morgan fingerprint density at radius 3 is 2.61 bits per heavy atom. The van der Waals surface area contributed by atoms with Crippen LogP contribution in [-0.2, 0) is 19.3 Å². The monoisotopic (exact) mass is 635 g/mol. The Kier molecular flexibility index (Phi) is 8.19. The van der Waals surface area contributed by atoms with Gasteiger partial charge < -0.3 is 10.0 Å². The number of rotatable bonds is 5. The molecular weight excluding hydrogens is 615 g/mol. The highest BCUT2D eigenvalue weighted by atomic mass is 35.5. The number of hydrogen-bond donors (Lipinski definition) is 1. The first-order valence-electron chi connectivity index (χ1n) is 12.9. The van der Waals surface area contributed by atoms with Crippen LogP contribution in [0.2, 0.25) is 5.02 Å². The average molecular weight is 636 g/mol. The molecule has 0 aliphatic heterocycles. The highest BCUT2D eigenvalue weighted by molar-refractivity contribution is 7.18. The molecule has 0 aliphatic rings. The minimum absolute atomic E-state index is 0.00326. The Balaban J connectivity index is 1.63. The smallest absolute Gasteiger partial charge is 0.418 e. The number of fused-ring (bicyclic) bond motifs is 2. The predicted octanol–water partition coefficient (Wildman–Crippen LogP) is 6.34. The Bertz CT molecular complexity index is 2150. The summed E-state index contributed by atoms with van der Waals surface area (Å²) in [4.78, 5) is 35.3. The maximum absolute atomic E-state index is 14.2. The van der Waals surface area contributed by atoms with E-state index in [0.29, 0.717) is 31.9 Å². The molecule has 0 saturated carbocycles. The number of thiophene rings is 1. The molecule has 0 saturated heterocycles. The van der Waals surface area contributed by atoms with Crippen LogP contribution in [0.15, 0.2) is 46.7 Å². The first-order valence-corrected chi connectivity index (χ1v) is 14.1. The summed E-state index contributed by atoms with van der Waals surface area (Å²) >= 11 is 7.51. The van der Waals surface area contributed by atoms with Gasteiger partial charge in [0.25, 0.3) is 5.56 Å². The fourth-order valence-corrected chi connectivity index (χ4v) is 6.19. The number of hydrogen-bond acceptors (Lipinski definition) is 7. The van der Waals surface area contributed by atoms with Crippen LogP contribution < -0.4 is 5.56 Å². The van der Waals surface area contributed by atoms with E-state index >= 15 is 0 Å². The first-order chi connectivity index (χ1) is 20.8. The van der Waals surface area contributed by atoms with Gasteiger partial charge in [-0.3, -0.25) is 14.3 Å². The van der Waals surface area contributed by atoms with Gasteiger partial charge in [-0.15, -0.1) is 11.3 Å². The van der Waals surface area contributed by atoms with Gasteiger partial charge >= 0.3 is 12.1 Å². The van der Waals surface area contributed by atoms with Crippen molar-refractivity contribution in [2.45, 2.75) is 26.2 Å². The zero-order chi connectivity index (χ0) is 31.9. The lowest BCUT2D eigenvalue weighted by Gasteiger charge is -2.19. The summed E-state index contributed by atoms with van der Waals surface area (Å²) in [6.45, 7) is 1.20. The molecular formula is C31H21ClF3N5O3S. The Labute approximate surface area is 257 Å². The molecule has 0 amide bonds. The van der Waals surface area contributed by atoms with Crippen molar-refractivity contribution in [1.82, 2.24) is 19.4 Å². The van der Waals surface area contributed by atoms with E-state index in [-0.39, 0.29) is 35.6 Å². The third-order valence-corrected chi connectivity index (χ3v) is 8.06. The molecule has 0 unspecified atom stereocenters. The van der Waals surface area contributed by atoms with Gasteiger partial charge in [-0.25, -0.2) is 9.78 Å². The summed E-state index contributed by atoms with van der Waals surface area (Å²) in [7, 11) is 3.20. The average Bonchev–Trinajstić information content (AvgIpc) is 3.38. The third-order valence-electron chi connectivity index (χ3n) is 6.82. The molecule has 2 aromatic carbocycles. The summed E-state index contributed by atoms with van der Waals surface area (Å²) < 4.78 is 44.2. The molecule has 3 heterocycles. The van der Waals surface area contributed by atoms with Crippen molar-refractivity contribution in [3.63, 3.8) is 0 Å². The lowest BCUT2D eigenvalue weighted by atomic mass is 9.96. The van der Waals surface area contributed by atoms with Gasteiger partial charge in [0, 0.05) is 39.8 Å². The molecule has 8 nitrogen and oxygen atoms in total. The molecule has 1 N–H and O–H groups in total. The van der Waals surface area contributed by atoms with Crippen molar-refractivity contribution in [3.05, 3.63) is 90.9 Å². The number of aromatic nitrogens is 3. The van der Waals surface area contributed by atoms with Crippen LogP contribution in [0, 0.1) is 30.1 Å². The van der Waals surface area contributed by atoms with Gasteiger partial charge in [-0.1, -0.05) is 23.4 Å². The summed E-state index contributed by atoms with van der Waals surface area (Å²) in [5.74, 6) is 5.00. The fourth-order valence-electron chi connectivity index (χ4n) is 4.99. The van der Waals surface area contributed by atoms with Gasteiger partial charge in [0.05, 0.1) is 44.4 Å². The maximum Gasteiger partial charge on any atom is 0.418 e. The molecule has 0 atom stereocenters. The second-order valence-corrected chi connectivity index (χ2v) is 11.4. The van der Waals surface area contributed by atoms with Crippen molar-refractivity contribution in [2.24, 2.45) is 0 Å². The fraction of sp³-hybridized carbons (Fsp3) is 0.194. The largest absolute Gasteiger partial charge is 0.478 e. The number of carboxylic acid groups (broad SMARTS) is 1. The van der Waals surface area contributed by atoms with Gasteiger partial charge in [0.1, 0.15) is 11.9 Å². The zero-order valence-electron chi connectivity index (χ0n) is 23.4. The summed E-state index contributed by atoms with van der Waals surface area (Å²) in [6, 6.07) is 9.51. The summed E-state index contributed by atoms with van der Waals surface area (Å²) in [6.07, 6.45) is -3.38. The number of carboxylic acids is 1. The SMILES string of the molecule is Cc1nc2cc(CN(C)C)c(C(F)(F)F)c(C#N)c2c(=O)n1CC#Cc1ccc(Cl)cc1-c1ccnc2c(C(=O)O)csc12. The van der Waals surface area contributed by atoms with Crippen LogP contribution in [0.4, 0.5) is 13.2 Å². The van der Waals surface area contributed by atoms with E-state index in [1.54, 1.807) is 44.4 Å². The van der Waals surface area contributed by atoms with Crippen LogP contribution in [0.25, 0.3) is 32.2 Å². The highest BCUT2D eigenvalue weighted by Gasteiger charge is 2.38. The lowest BCUT2D eigenvalue weighted by molar-refractivity contribution is -0.138. The Hall–Kier alpha value is -4.75. The van der Waals surface area contributed by atoms with Gasteiger partial charge in [-0.2, -0.15) is 18.4 Å². The minimum atomic E-state index is -4.87.